The smallest absolute Gasteiger partial charge is 0.155 e. The van der Waals surface area contributed by atoms with Crippen molar-refractivity contribution in [2.75, 3.05) is 7.11 Å². The number of hydrogen-bond acceptors (Lipinski definition) is 2. The molecule has 0 saturated heterocycles. The summed E-state index contributed by atoms with van der Waals surface area (Å²) in [7, 11) is 1.69. The molecule has 0 bridgehead atoms. The van der Waals surface area contributed by atoms with Gasteiger partial charge in [0.05, 0.1) is 7.11 Å². The Hall–Kier alpha value is -2.31. The lowest BCUT2D eigenvalue weighted by Gasteiger charge is -2.15. The highest BCUT2D eigenvalue weighted by Crippen LogP contribution is 2.43. The summed E-state index contributed by atoms with van der Waals surface area (Å²) in [5.74, 6) is 1.46. The van der Waals surface area contributed by atoms with Crippen LogP contribution in [-0.4, -0.2) is 12.9 Å². The topological polar surface area (TPSA) is 26.3 Å². The molecule has 0 spiro atoms. The zero-order chi connectivity index (χ0) is 17.0. The molecule has 0 radical (unpaired) electrons. The van der Waals surface area contributed by atoms with Crippen molar-refractivity contribution in [2.45, 2.75) is 33.6 Å². The maximum atomic E-state index is 11.7. The molecule has 1 aliphatic rings. The predicted molar refractivity (Wildman–Crippen MR) is 95.5 cm³/mol. The molecule has 1 aliphatic carbocycles. The van der Waals surface area contributed by atoms with Crippen LogP contribution < -0.4 is 4.74 Å². The van der Waals surface area contributed by atoms with Crippen molar-refractivity contribution in [3.05, 3.63) is 64.9 Å². The minimum Gasteiger partial charge on any atom is -0.496 e. The Kier molecular flexibility index (Phi) is 5.41. The number of hydrogen-bond donors (Lipinski definition) is 0. The van der Waals surface area contributed by atoms with E-state index in [9.17, 15) is 4.79 Å². The molecule has 0 aliphatic heterocycles. The van der Waals surface area contributed by atoms with Gasteiger partial charge in [0.25, 0.3) is 0 Å². The zero-order valence-corrected chi connectivity index (χ0v) is 14.4. The van der Waals surface area contributed by atoms with E-state index in [1.807, 2.05) is 44.2 Å². The lowest BCUT2D eigenvalue weighted by molar-refractivity contribution is -0.113. The normalized spacial score (nSPS) is 15.6. The highest BCUT2D eigenvalue weighted by molar-refractivity contribution is 5.94. The first-order valence-corrected chi connectivity index (χ1v) is 7.92. The number of rotatable bonds is 6. The molecule has 0 unspecified atom stereocenters. The number of ketones is 1. The van der Waals surface area contributed by atoms with E-state index in [0.717, 1.165) is 40.9 Å². The molecule has 1 saturated carbocycles. The second kappa shape index (κ2) is 7.30. The number of methoxy groups -OCH3 is 1. The fraction of sp³-hybridized carbons (Fsp3) is 0.333. The third-order valence-electron chi connectivity index (χ3n) is 4.21. The third-order valence-corrected chi connectivity index (χ3v) is 4.21. The van der Waals surface area contributed by atoms with Gasteiger partial charge in [0.2, 0.25) is 0 Å². The van der Waals surface area contributed by atoms with Gasteiger partial charge in [-0.25, -0.2) is 0 Å². The Morgan fingerprint density at radius 2 is 2.04 bits per heavy atom. The van der Waals surface area contributed by atoms with Crippen molar-refractivity contribution in [2.24, 2.45) is 5.92 Å². The minimum atomic E-state index is 0.0984. The highest BCUT2D eigenvalue weighted by Gasteiger charge is 2.28. The van der Waals surface area contributed by atoms with Gasteiger partial charge in [0.1, 0.15) is 5.75 Å². The molecular weight excluding hydrogens is 284 g/mol. The highest BCUT2D eigenvalue weighted by atomic mass is 16.5. The Bertz CT molecular complexity index is 724. The first-order chi connectivity index (χ1) is 11.0. The van der Waals surface area contributed by atoms with Crippen LogP contribution in [0.2, 0.25) is 0 Å². The molecular formula is C21H24O2. The number of benzene rings is 1. The summed E-state index contributed by atoms with van der Waals surface area (Å²) in [4.78, 5) is 11.7. The van der Waals surface area contributed by atoms with E-state index in [0.29, 0.717) is 5.92 Å². The van der Waals surface area contributed by atoms with Gasteiger partial charge < -0.3 is 4.74 Å². The van der Waals surface area contributed by atoms with E-state index in [-0.39, 0.29) is 5.78 Å². The van der Waals surface area contributed by atoms with Crippen molar-refractivity contribution in [3.8, 4) is 5.75 Å². The zero-order valence-electron chi connectivity index (χ0n) is 14.4. The maximum absolute atomic E-state index is 11.7. The van der Waals surface area contributed by atoms with Crippen LogP contribution in [0.3, 0.4) is 0 Å². The molecule has 2 heteroatoms. The van der Waals surface area contributed by atoms with Crippen molar-refractivity contribution < 1.29 is 9.53 Å². The van der Waals surface area contributed by atoms with Crippen LogP contribution >= 0.6 is 0 Å². The van der Waals surface area contributed by atoms with Gasteiger partial charge >= 0.3 is 0 Å². The first kappa shape index (κ1) is 17.1. The van der Waals surface area contributed by atoms with Crippen LogP contribution in [0.15, 0.2) is 53.8 Å². The first-order valence-electron chi connectivity index (χ1n) is 7.92. The molecule has 0 amide bonds. The van der Waals surface area contributed by atoms with Gasteiger partial charge in [-0.05, 0) is 67.9 Å². The van der Waals surface area contributed by atoms with Crippen molar-refractivity contribution in [3.63, 3.8) is 0 Å². The number of carbonyl (C=O) groups is 1. The van der Waals surface area contributed by atoms with Crippen LogP contribution in [0.1, 0.15) is 37.8 Å². The van der Waals surface area contributed by atoms with Crippen LogP contribution in [0.4, 0.5) is 0 Å². The fourth-order valence-corrected chi connectivity index (χ4v) is 2.70. The number of allylic oxidation sites excluding steroid dienone is 5. The number of aryl methyl sites for hydroxylation is 1. The average Bonchev–Trinajstić information content (AvgIpc) is 3.34. The van der Waals surface area contributed by atoms with Crippen LogP contribution in [-0.2, 0) is 4.79 Å². The van der Waals surface area contributed by atoms with Gasteiger partial charge in [-0.3, -0.25) is 4.79 Å². The number of ether oxygens (including phenoxy) is 1. The Balaban J connectivity index is 2.72. The summed E-state index contributed by atoms with van der Waals surface area (Å²) in [5.41, 5.74) is 8.01. The molecule has 2 nitrogen and oxygen atoms in total. The van der Waals surface area contributed by atoms with Crippen molar-refractivity contribution >= 4 is 11.4 Å². The largest absolute Gasteiger partial charge is 0.496 e. The molecule has 1 aromatic rings. The van der Waals surface area contributed by atoms with Crippen LogP contribution in [0, 0.1) is 12.8 Å². The van der Waals surface area contributed by atoms with E-state index < -0.39 is 0 Å². The van der Waals surface area contributed by atoms with E-state index in [1.54, 1.807) is 14.0 Å². The van der Waals surface area contributed by atoms with E-state index >= 15 is 0 Å². The van der Waals surface area contributed by atoms with E-state index in [4.69, 9.17) is 4.74 Å². The lowest BCUT2D eigenvalue weighted by Crippen LogP contribution is -1.99. The van der Waals surface area contributed by atoms with Crippen LogP contribution in [0.25, 0.3) is 5.57 Å². The minimum absolute atomic E-state index is 0.0984. The predicted octanol–water partition coefficient (Wildman–Crippen LogP) is 5.04. The summed E-state index contributed by atoms with van der Waals surface area (Å²) in [5, 5.41) is 0. The van der Waals surface area contributed by atoms with Crippen LogP contribution in [0.5, 0.6) is 5.75 Å². The van der Waals surface area contributed by atoms with Crippen molar-refractivity contribution in [1.82, 2.24) is 0 Å². The van der Waals surface area contributed by atoms with Gasteiger partial charge in [-0.15, -0.1) is 5.73 Å². The molecule has 120 valence electrons. The maximum Gasteiger partial charge on any atom is 0.155 e. The molecule has 0 heterocycles. The standard InChI is InChI=1S/C21H24O2/c1-6-8-18(19-10-7-9-14(2)21(19)23-5)20(17-11-12-17)13-15(3)16(4)22/h7-10,13,17H,1,11-12H2,2-5H3/b15-13+,20-18-. The second-order valence-electron chi connectivity index (χ2n) is 6.03. The molecule has 0 N–H and O–H groups in total. The van der Waals surface area contributed by atoms with E-state index in [2.05, 4.69) is 12.3 Å². The molecule has 1 fully saturated rings. The van der Waals surface area contributed by atoms with Crippen molar-refractivity contribution in [1.29, 1.82) is 0 Å². The van der Waals surface area contributed by atoms with Gasteiger partial charge in [0.15, 0.2) is 5.78 Å². The monoisotopic (exact) mass is 308 g/mol. The third kappa shape index (κ3) is 3.91. The second-order valence-corrected chi connectivity index (χ2v) is 6.03. The average molecular weight is 308 g/mol. The summed E-state index contributed by atoms with van der Waals surface area (Å²) >= 11 is 0. The van der Waals surface area contributed by atoms with Gasteiger partial charge in [0, 0.05) is 5.56 Å². The molecule has 0 aromatic heterocycles. The Morgan fingerprint density at radius 1 is 1.35 bits per heavy atom. The Labute approximate surface area is 138 Å². The van der Waals surface area contributed by atoms with E-state index in [1.165, 1.54) is 5.57 Å². The summed E-state index contributed by atoms with van der Waals surface area (Å²) in [6, 6.07) is 6.11. The fourth-order valence-electron chi connectivity index (χ4n) is 2.70. The lowest BCUT2D eigenvalue weighted by atomic mass is 9.92. The summed E-state index contributed by atoms with van der Waals surface area (Å²) in [6.45, 7) is 9.24. The Morgan fingerprint density at radius 3 is 2.57 bits per heavy atom. The van der Waals surface area contributed by atoms with Gasteiger partial charge in [-0.2, -0.15) is 0 Å². The number of carbonyl (C=O) groups excluding carboxylic acids is 1. The summed E-state index contributed by atoms with van der Waals surface area (Å²) in [6.07, 6.45) is 6.22. The molecule has 0 atom stereocenters. The SMILES string of the molecule is C=C=C/C(=C(\C=C(/C)C(C)=O)C1CC1)c1cccc(C)c1OC. The number of para-hydroxylation sites is 1. The van der Waals surface area contributed by atoms with Gasteiger partial charge in [-0.1, -0.05) is 30.9 Å². The number of Topliss-reactive ketones (excluding diaryl/α,β-unsaturated/α-hetero) is 1. The molecule has 1 aromatic carbocycles. The summed E-state index contributed by atoms with van der Waals surface area (Å²) < 4.78 is 5.62. The molecule has 23 heavy (non-hydrogen) atoms. The molecule has 2 rings (SSSR count). The quantitative estimate of drug-likeness (QED) is 0.418.